The number of fused-ring (bicyclic) bond motifs is 1. The maximum absolute atomic E-state index is 13.4. The average molecular weight is 429 g/mol. The number of rotatable bonds is 5. The van der Waals surface area contributed by atoms with Crippen molar-refractivity contribution in [1.29, 1.82) is 0 Å². The normalized spacial score (nSPS) is 16.5. The highest BCUT2D eigenvalue weighted by Gasteiger charge is 2.27. The summed E-state index contributed by atoms with van der Waals surface area (Å²) in [5.74, 6) is 0.0528. The number of carbonyl (C=O) groups is 1. The Morgan fingerprint density at radius 1 is 1.24 bits per heavy atom. The van der Waals surface area contributed by atoms with E-state index < -0.39 is 0 Å². The fraction of sp³-hybridized carbons (Fsp3) is 0.391. The smallest absolute Gasteiger partial charge is 0.233 e. The van der Waals surface area contributed by atoms with Gasteiger partial charge in [0.2, 0.25) is 5.91 Å². The van der Waals surface area contributed by atoms with Gasteiger partial charge in [-0.05, 0) is 62.4 Å². The van der Waals surface area contributed by atoms with Crippen LogP contribution in [0, 0.1) is 20.8 Å². The summed E-state index contributed by atoms with van der Waals surface area (Å²) in [4.78, 5) is 20.0. The molecule has 0 spiro atoms. The first kappa shape index (κ1) is 20.3. The highest BCUT2D eigenvalue weighted by Crippen LogP contribution is 2.34. The van der Waals surface area contributed by atoms with Gasteiger partial charge in [-0.1, -0.05) is 46.7 Å². The molecule has 29 heavy (non-hydrogen) atoms. The maximum Gasteiger partial charge on any atom is 0.233 e. The second-order valence-corrected chi connectivity index (χ2v) is 9.26. The molecule has 1 unspecified atom stereocenters. The molecule has 0 radical (unpaired) electrons. The van der Waals surface area contributed by atoms with Crippen LogP contribution in [0.25, 0.3) is 10.2 Å². The predicted molar refractivity (Wildman–Crippen MR) is 120 cm³/mol. The monoisotopic (exact) mass is 428 g/mol. The van der Waals surface area contributed by atoms with E-state index in [4.69, 9.17) is 21.3 Å². The van der Waals surface area contributed by atoms with E-state index in [9.17, 15) is 4.79 Å². The molecule has 0 N–H and O–H groups in total. The Hall–Kier alpha value is -1.95. The van der Waals surface area contributed by atoms with Gasteiger partial charge in [0, 0.05) is 11.6 Å². The summed E-state index contributed by atoms with van der Waals surface area (Å²) in [5.41, 5.74) is 5.29. The molecule has 0 aliphatic carbocycles. The Bertz CT molecular complexity index is 1060. The molecule has 152 valence electrons. The molecule has 2 aromatic carbocycles. The predicted octanol–water partition coefficient (Wildman–Crippen LogP) is 5.63. The number of carbonyl (C=O) groups excluding carboxylic acids is 1. The molecule has 0 saturated carbocycles. The third kappa shape index (κ3) is 4.47. The molecule has 4 rings (SSSR count). The number of benzene rings is 2. The molecular weight excluding hydrogens is 404 g/mol. The number of aromatic nitrogens is 1. The number of amides is 1. The van der Waals surface area contributed by atoms with E-state index in [1.54, 1.807) is 0 Å². The minimum atomic E-state index is 0.0528. The van der Waals surface area contributed by atoms with Gasteiger partial charge >= 0.3 is 0 Å². The summed E-state index contributed by atoms with van der Waals surface area (Å²) in [7, 11) is 0. The number of hydrogen-bond acceptors (Lipinski definition) is 4. The van der Waals surface area contributed by atoms with Crippen molar-refractivity contribution in [3.8, 4) is 0 Å². The van der Waals surface area contributed by atoms with Gasteiger partial charge in [-0.15, -0.1) is 0 Å². The van der Waals surface area contributed by atoms with E-state index in [1.165, 1.54) is 11.3 Å². The second kappa shape index (κ2) is 8.42. The van der Waals surface area contributed by atoms with Crippen molar-refractivity contribution in [3.63, 3.8) is 0 Å². The largest absolute Gasteiger partial charge is 0.376 e. The first-order chi connectivity index (χ1) is 13.9. The Morgan fingerprint density at radius 2 is 2.07 bits per heavy atom. The third-order valence-electron chi connectivity index (χ3n) is 5.43. The van der Waals surface area contributed by atoms with Crippen LogP contribution < -0.4 is 4.90 Å². The van der Waals surface area contributed by atoms with Crippen LogP contribution in [0.15, 0.2) is 30.3 Å². The van der Waals surface area contributed by atoms with Gasteiger partial charge in [0.25, 0.3) is 0 Å². The third-order valence-corrected chi connectivity index (χ3v) is 6.67. The standard InChI is InChI=1S/C23H25ClN2O2S/c1-14-6-7-15(2)17(9-14)11-21(27)26(13-19-5-4-8-28-19)23-25-22-16(3)10-18(24)12-20(22)29-23/h6-7,9-10,12,19H,4-5,8,11,13H2,1-3H3. The molecule has 1 aromatic heterocycles. The van der Waals surface area contributed by atoms with E-state index in [2.05, 4.69) is 32.0 Å². The van der Waals surface area contributed by atoms with E-state index in [0.717, 1.165) is 57.1 Å². The maximum atomic E-state index is 13.4. The first-order valence-corrected chi connectivity index (χ1v) is 11.1. The van der Waals surface area contributed by atoms with Crippen LogP contribution in [0.4, 0.5) is 5.13 Å². The van der Waals surface area contributed by atoms with Gasteiger partial charge < -0.3 is 4.74 Å². The summed E-state index contributed by atoms with van der Waals surface area (Å²) < 4.78 is 6.83. The van der Waals surface area contributed by atoms with Crippen molar-refractivity contribution in [2.75, 3.05) is 18.1 Å². The Kier molecular flexibility index (Phi) is 5.91. The SMILES string of the molecule is Cc1ccc(C)c(CC(=O)N(CC2CCCO2)c2nc3c(C)cc(Cl)cc3s2)c1. The van der Waals surface area contributed by atoms with Crippen LogP contribution in [0.2, 0.25) is 5.02 Å². The van der Waals surface area contributed by atoms with Crippen molar-refractivity contribution >= 4 is 44.2 Å². The molecule has 2 heterocycles. The minimum Gasteiger partial charge on any atom is -0.376 e. The van der Waals surface area contributed by atoms with Crippen LogP contribution in [-0.4, -0.2) is 30.1 Å². The number of thiazole rings is 1. The zero-order chi connectivity index (χ0) is 20.5. The number of aryl methyl sites for hydroxylation is 3. The fourth-order valence-corrected chi connectivity index (χ4v) is 5.23. The summed E-state index contributed by atoms with van der Waals surface area (Å²) in [6.07, 6.45) is 2.44. The number of ether oxygens (including phenoxy) is 1. The van der Waals surface area contributed by atoms with Crippen molar-refractivity contribution in [2.45, 2.75) is 46.1 Å². The number of halogens is 1. The summed E-state index contributed by atoms with van der Waals surface area (Å²) in [5, 5.41) is 1.41. The molecule has 4 nitrogen and oxygen atoms in total. The van der Waals surface area contributed by atoms with Crippen LogP contribution in [-0.2, 0) is 16.0 Å². The lowest BCUT2D eigenvalue weighted by Gasteiger charge is -2.23. The van der Waals surface area contributed by atoms with Crippen LogP contribution in [0.3, 0.4) is 0 Å². The second-order valence-electron chi connectivity index (χ2n) is 7.81. The van der Waals surface area contributed by atoms with Crippen molar-refractivity contribution in [2.24, 2.45) is 0 Å². The molecule has 1 saturated heterocycles. The highest BCUT2D eigenvalue weighted by molar-refractivity contribution is 7.22. The molecular formula is C23H25ClN2O2S. The van der Waals surface area contributed by atoms with Crippen molar-refractivity contribution < 1.29 is 9.53 Å². The molecule has 6 heteroatoms. The van der Waals surface area contributed by atoms with E-state index in [1.807, 2.05) is 24.0 Å². The fourth-order valence-electron chi connectivity index (χ4n) is 3.79. The quantitative estimate of drug-likeness (QED) is 0.528. The summed E-state index contributed by atoms with van der Waals surface area (Å²) >= 11 is 7.75. The lowest BCUT2D eigenvalue weighted by molar-refractivity contribution is -0.118. The Morgan fingerprint density at radius 3 is 2.83 bits per heavy atom. The first-order valence-electron chi connectivity index (χ1n) is 9.95. The molecule has 1 fully saturated rings. The molecule has 0 bridgehead atoms. The van der Waals surface area contributed by atoms with Gasteiger partial charge in [-0.3, -0.25) is 9.69 Å². The van der Waals surface area contributed by atoms with Gasteiger partial charge in [0.05, 0.1) is 29.3 Å². The van der Waals surface area contributed by atoms with Crippen molar-refractivity contribution in [3.05, 3.63) is 57.6 Å². The zero-order valence-corrected chi connectivity index (χ0v) is 18.6. The Labute approximate surface area is 180 Å². The minimum absolute atomic E-state index is 0.0528. The molecule has 1 amide bonds. The number of hydrogen-bond donors (Lipinski definition) is 0. The highest BCUT2D eigenvalue weighted by atomic mass is 35.5. The molecule has 1 aliphatic rings. The van der Waals surface area contributed by atoms with Crippen LogP contribution >= 0.6 is 22.9 Å². The van der Waals surface area contributed by atoms with Gasteiger partial charge in [-0.25, -0.2) is 4.98 Å². The van der Waals surface area contributed by atoms with Gasteiger partial charge in [0.1, 0.15) is 0 Å². The van der Waals surface area contributed by atoms with Crippen molar-refractivity contribution in [1.82, 2.24) is 4.98 Å². The number of anilines is 1. The lowest BCUT2D eigenvalue weighted by Crippen LogP contribution is -2.38. The zero-order valence-electron chi connectivity index (χ0n) is 17.0. The molecule has 1 atom stereocenters. The lowest BCUT2D eigenvalue weighted by atomic mass is 10.0. The number of nitrogens with zero attached hydrogens (tertiary/aromatic N) is 2. The van der Waals surface area contributed by atoms with Crippen LogP contribution in [0.5, 0.6) is 0 Å². The van der Waals surface area contributed by atoms with E-state index in [0.29, 0.717) is 18.0 Å². The summed E-state index contributed by atoms with van der Waals surface area (Å²) in [6, 6.07) is 10.1. The molecule has 1 aliphatic heterocycles. The molecule has 3 aromatic rings. The summed E-state index contributed by atoms with van der Waals surface area (Å²) in [6.45, 7) is 7.40. The topological polar surface area (TPSA) is 42.4 Å². The average Bonchev–Trinajstić information content (AvgIpc) is 3.32. The Balaban J connectivity index is 1.68. The van der Waals surface area contributed by atoms with Gasteiger partial charge in [-0.2, -0.15) is 0 Å². The van der Waals surface area contributed by atoms with Gasteiger partial charge in [0.15, 0.2) is 5.13 Å². The van der Waals surface area contributed by atoms with E-state index in [-0.39, 0.29) is 12.0 Å². The van der Waals surface area contributed by atoms with E-state index >= 15 is 0 Å². The van der Waals surface area contributed by atoms with Crippen LogP contribution in [0.1, 0.15) is 35.1 Å².